The Kier molecular flexibility index (Phi) is 5.68. The maximum atomic E-state index is 12.9. The van der Waals surface area contributed by atoms with Crippen molar-refractivity contribution < 1.29 is 18.0 Å². The number of hydrogen-bond acceptors (Lipinski definition) is 4. The highest BCUT2D eigenvalue weighted by Crippen LogP contribution is 2.36. The molecule has 0 saturated heterocycles. The van der Waals surface area contributed by atoms with E-state index in [9.17, 15) is 18.0 Å². The molecule has 0 radical (unpaired) electrons. The van der Waals surface area contributed by atoms with Gasteiger partial charge in [-0.3, -0.25) is 4.79 Å². The highest BCUT2D eigenvalue weighted by atomic mass is 79.9. The van der Waals surface area contributed by atoms with E-state index in [1.807, 2.05) is 13.0 Å². The molecule has 0 bridgehead atoms. The Balaban J connectivity index is 1.66. The Morgan fingerprint density at radius 1 is 1.33 bits per heavy atom. The molecule has 0 saturated carbocycles. The molecule has 2 aromatic heterocycles. The van der Waals surface area contributed by atoms with Gasteiger partial charge in [0.25, 0.3) is 0 Å². The van der Waals surface area contributed by atoms with Crippen molar-refractivity contribution in [2.45, 2.75) is 18.3 Å². The highest BCUT2D eigenvalue weighted by molar-refractivity contribution is 9.10. The SMILES string of the molecule is Cc1nc2nc(SCC(=O)Nc3ccc(Cl)c(C(F)(F)F)c3)[nH]c2cc1Br. The third-order valence-electron chi connectivity index (χ3n) is 3.48. The molecule has 0 aliphatic heterocycles. The number of carbonyl (C=O) groups excluding carboxylic acids is 1. The van der Waals surface area contributed by atoms with Crippen molar-refractivity contribution >= 4 is 62.1 Å². The van der Waals surface area contributed by atoms with Crippen LogP contribution in [0.15, 0.2) is 33.9 Å². The lowest BCUT2D eigenvalue weighted by molar-refractivity contribution is -0.137. The fourth-order valence-corrected chi connectivity index (χ4v) is 3.42. The zero-order valence-electron chi connectivity index (χ0n) is 13.6. The summed E-state index contributed by atoms with van der Waals surface area (Å²) in [4.78, 5) is 23.7. The topological polar surface area (TPSA) is 70.7 Å². The lowest BCUT2D eigenvalue weighted by Gasteiger charge is -2.11. The summed E-state index contributed by atoms with van der Waals surface area (Å²) in [6.45, 7) is 1.83. The molecule has 3 aromatic rings. The van der Waals surface area contributed by atoms with Crippen LogP contribution in [0.5, 0.6) is 0 Å². The maximum Gasteiger partial charge on any atom is 0.417 e. The summed E-state index contributed by atoms with van der Waals surface area (Å²) < 4.78 is 39.4. The van der Waals surface area contributed by atoms with E-state index in [4.69, 9.17) is 11.6 Å². The molecular weight excluding hydrogens is 469 g/mol. The number of aromatic nitrogens is 3. The minimum atomic E-state index is -4.60. The van der Waals surface area contributed by atoms with Crippen LogP contribution in [0.4, 0.5) is 18.9 Å². The van der Waals surface area contributed by atoms with Crippen molar-refractivity contribution in [1.29, 1.82) is 0 Å². The van der Waals surface area contributed by atoms with Crippen LogP contribution in [0, 0.1) is 6.92 Å². The summed E-state index contributed by atoms with van der Waals surface area (Å²) in [5.74, 6) is -0.509. The van der Waals surface area contributed by atoms with E-state index in [1.54, 1.807) is 0 Å². The molecule has 1 amide bonds. The molecule has 0 aliphatic rings. The van der Waals surface area contributed by atoms with Gasteiger partial charge in [-0.1, -0.05) is 23.4 Å². The summed E-state index contributed by atoms with van der Waals surface area (Å²) in [7, 11) is 0. The van der Waals surface area contributed by atoms with Gasteiger partial charge in [-0.15, -0.1) is 0 Å². The summed E-state index contributed by atoms with van der Waals surface area (Å²) in [5.41, 5.74) is 1.03. The first-order valence-electron chi connectivity index (χ1n) is 7.46. The second-order valence-electron chi connectivity index (χ2n) is 5.50. The zero-order valence-corrected chi connectivity index (χ0v) is 16.8. The van der Waals surface area contributed by atoms with E-state index in [0.29, 0.717) is 16.3 Å². The minimum Gasteiger partial charge on any atom is -0.331 e. The minimum absolute atomic E-state index is 0.0168. The molecule has 11 heteroatoms. The Morgan fingerprint density at radius 2 is 2.07 bits per heavy atom. The van der Waals surface area contributed by atoms with Gasteiger partial charge in [0.2, 0.25) is 5.91 Å². The fourth-order valence-electron chi connectivity index (χ4n) is 2.20. The number of thioether (sulfide) groups is 1. The maximum absolute atomic E-state index is 12.9. The van der Waals surface area contributed by atoms with Gasteiger partial charge in [0.1, 0.15) is 0 Å². The standard InChI is InChI=1S/C16H11BrClF3N4OS/c1-7-10(17)5-12-14(22-7)25-15(24-12)27-6-13(26)23-8-2-3-11(18)9(4-8)16(19,20)21/h2-5H,6H2,1H3,(H,23,26)(H,22,24,25). The zero-order chi connectivity index (χ0) is 19.8. The van der Waals surface area contributed by atoms with Crippen molar-refractivity contribution in [2.75, 3.05) is 11.1 Å². The summed E-state index contributed by atoms with van der Waals surface area (Å²) in [5, 5.41) is 2.48. The van der Waals surface area contributed by atoms with Crippen LogP contribution in [0.2, 0.25) is 5.02 Å². The highest BCUT2D eigenvalue weighted by Gasteiger charge is 2.33. The Labute approximate surface area is 169 Å². The molecule has 0 fully saturated rings. The van der Waals surface area contributed by atoms with Crippen LogP contribution in [-0.4, -0.2) is 26.6 Å². The van der Waals surface area contributed by atoms with Gasteiger partial charge >= 0.3 is 6.18 Å². The number of aromatic amines is 1. The number of pyridine rings is 1. The monoisotopic (exact) mass is 478 g/mol. The second-order valence-corrected chi connectivity index (χ2v) is 7.72. The van der Waals surface area contributed by atoms with Crippen molar-refractivity contribution in [2.24, 2.45) is 0 Å². The number of aryl methyl sites for hydroxylation is 1. The average molecular weight is 480 g/mol. The molecule has 142 valence electrons. The number of anilines is 1. The molecule has 1 aromatic carbocycles. The van der Waals surface area contributed by atoms with Gasteiger partial charge in [0.15, 0.2) is 10.8 Å². The number of imidazole rings is 1. The molecule has 0 unspecified atom stereocenters. The fraction of sp³-hybridized carbons (Fsp3) is 0.188. The lowest BCUT2D eigenvalue weighted by Crippen LogP contribution is -2.15. The summed E-state index contributed by atoms with van der Waals surface area (Å²) >= 11 is 10.1. The predicted molar refractivity (Wildman–Crippen MR) is 102 cm³/mol. The molecule has 0 atom stereocenters. The molecule has 2 N–H and O–H groups in total. The van der Waals surface area contributed by atoms with Gasteiger partial charge in [-0.2, -0.15) is 13.2 Å². The number of alkyl halides is 3. The van der Waals surface area contributed by atoms with Gasteiger partial charge in [0.05, 0.1) is 27.5 Å². The van der Waals surface area contributed by atoms with Gasteiger partial charge in [-0.25, -0.2) is 9.97 Å². The van der Waals surface area contributed by atoms with E-state index < -0.39 is 22.7 Å². The number of nitrogens with one attached hydrogen (secondary N) is 2. The average Bonchev–Trinajstić information content (AvgIpc) is 2.96. The van der Waals surface area contributed by atoms with Crippen molar-refractivity contribution in [3.63, 3.8) is 0 Å². The number of nitrogens with zero attached hydrogens (tertiary/aromatic N) is 2. The molecular formula is C16H11BrClF3N4OS. The number of benzene rings is 1. The normalized spacial score (nSPS) is 11.8. The van der Waals surface area contributed by atoms with Crippen LogP contribution in [-0.2, 0) is 11.0 Å². The molecule has 3 rings (SSSR count). The summed E-state index contributed by atoms with van der Waals surface area (Å²) in [6.07, 6.45) is -4.60. The predicted octanol–water partition coefficient (Wildman–Crippen LogP) is 5.43. The van der Waals surface area contributed by atoms with Gasteiger partial charge in [-0.05, 0) is 47.1 Å². The Hall–Kier alpha value is -1.78. The number of halogens is 5. The van der Waals surface area contributed by atoms with E-state index >= 15 is 0 Å². The second kappa shape index (κ2) is 7.69. The number of fused-ring (bicyclic) bond motifs is 1. The van der Waals surface area contributed by atoms with Crippen LogP contribution in [0.1, 0.15) is 11.3 Å². The number of rotatable bonds is 4. The largest absolute Gasteiger partial charge is 0.417 e. The van der Waals surface area contributed by atoms with Crippen LogP contribution in [0.25, 0.3) is 11.2 Å². The number of hydrogen-bond donors (Lipinski definition) is 2. The van der Waals surface area contributed by atoms with Gasteiger partial charge < -0.3 is 10.3 Å². The summed E-state index contributed by atoms with van der Waals surface area (Å²) in [6, 6.07) is 5.04. The van der Waals surface area contributed by atoms with E-state index in [0.717, 1.165) is 34.1 Å². The molecule has 5 nitrogen and oxygen atoms in total. The van der Waals surface area contributed by atoms with Crippen LogP contribution < -0.4 is 5.32 Å². The Bertz CT molecular complexity index is 986. The first kappa shape index (κ1) is 20.0. The first-order valence-corrected chi connectivity index (χ1v) is 9.61. The van der Waals surface area contributed by atoms with E-state index in [-0.39, 0.29) is 11.4 Å². The number of H-pyrrole nitrogens is 1. The van der Waals surface area contributed by atoms with Crippen LogP contribution in [0.3, 0.4) is 0 Å². The van der Waals surface area contributed by atoms with Crippen molar-refractivity contribution in [3.05, 3.63) is 45.0 Å². The quantitative estimate of drug-likeness (QED) is 0.490. The third-order valence-corrected chi connectivity index (χ3v) is 5.48. The van der Waals surface area contributed by atoms with Crippen LogP contribution >= 0.6 is 39.3 Å². The lowest BCUT2D eigenvalue weighted by atomic mass is 10.2. The van der Waals surface area contributed by atoms with E-state index in [2.05, 4.69) is 36.2 Å². The molecule has 0 aliphatic carbocycles. The van der Waals surface area contributed by atoms with Crippen molar-refractivity contribution in [3.8, 4) is 0 Å². The van der Waals surface area contributed by atoms with Crippen molar-refractivity contribution in [1.82, 2.24) is 15.0 Å². The Morgan fingerprint density at radius 3 is 2.78 bits per heavy atom. The third kappa shape index (κ3) is 4.74. The van der Waals surface area contributed by atoms with Gasteiger partial charge in [0, 0.05) is 10.2 Å². The molecule has 0 spiro atoms. The first-order chi connectivity index (χ1) is 12.6. The number of carbonyl (C=O) groups is 1. The van der Waals surface area contributed by atoms with E-state index in [1.165, 1.54) is 6.07 Å². The smallest absolute Gasteiger partial charge is 0.331 e. The molecule has 27 heavy (non-hydrogen) atoms. The molecule has 2 heterocycles. The number of amides is 1.